The number of fused-ring (bicyclic) bond motifs is 2. The summed E-state index contributed by atoms with van der Waals surface area (Å²) in [5.41, 5.74) is 3.91. The maximum absolute atomic E-state index is 16.5. The number of aromatic nitrogens is 4. The molecular weight excluding hydrogens is 983 g/mol. The zero-order valence-corrected chi connectivity index (χ0v) is 44.0. The van der Waals surface area contributed by atoms with Gasteiger partial charge in [-0.15, -0.1) is 0 Å². The van der Waals surface area contributed by atoms with Gasteiger partial charge in [-0.25, -0.2) is 18.7 Å². The number of likely N-dealkylation sites (tertiary alicyclic amines) is 2. The number of rotatable bonds is 18. The first-order valence-electron chi connectivity index (χ1n) is 27.4. The molecule has 6 N–H and O–H groups in total. The van der Waals surface area contributed by atoms with Crippen LogP contribution in [-0.4, -0.2) is 102 Å². The second kappa shape index (κ2) is 22.6. The monoisotopic (exact) mass is 1050 g/mol. The highest BCUT2D eigenvalue weighted by atomic mass is 19.1. The van der Waals surface area contributed by atoms with E-state index in [0.717, 1.165) is 56.1 Å². The molecule has 0 radical (unpaired) electrons. The molecule has 2 saturated carbocycles. The summed E-state index contributed by atoms with van der Waals surface area (Å²) in [5, 5.41) is 11.6. The number of hydrogen-bond acceptors (Lipinski definition) is 8. The van der Waals surface area contributed by atoms with Crippen molar-refractivity contribution >= 4 is 57.5 Å². The van der Waals surface area contributed by atoms with Gasteiger partial charge in [-0.3, -0.25) is 28.8 Å². The Morgan fingerprint density at radius 1 is 0.623 bits per heavy atom. The molecule has 6 aromatic rings. The zero-order valence-electron chi connectivity index (χ0n) is 44.0. The van der Waals surface area contributed by atoms with Gasteiger partial charge >= 0.3 is 0 Å². The zero-order chi connectivity index (χ0) is 54.1. The van der Waals surface area contributed by atoms with Gasteiger partial charge in [0.05, 0.1) is 36.0 Å². The van der Waals surface area contributed by atoms with Gasteiger partial charge in [0.2, 0.25) is 35.4 Å². The molecule has 10 rings (SSSR count). The van der Waals surface area contributed by atoms with Gasteiger partial charge in [-0.05, 0) is 131 Å². The molecule has 4 heterocycles. The molecule has 6 amide bonds. The number of carbonyl (C=O) groups excluding carboxylic acids is 6. The lowest BCUT2D eigenvalue weighted by Gasteiger charge is -2.36. The molecule has 2 aromatic heterocycles. The molecule has 0 spiro atoms. The molecule has 0 bridgehead atoms. The van der Waals surface area contributed by atoms with Crippen molar-refractivity contribution < 1.29 is 37.5 Å². The first-order chi connectivity index (χ1) is 37.1. The van der Waals surface area contributed by atoms with Gasteiger partial charge in [0.15, 0.2) is 11.6 Å². The number of piperidine rings is 2. The number of para-hydroxylation sites is 1. The van der Waals surface area contributed by atoms with E-state index in [1.165, 1.54) is 6.07 Å². The fourth-order valence-electron chi connectivity index (χ4n) is 11.6. The van der Waals surface area contributed by atoms with Crippen molar-refractivity contribution in [1.29, 1.82) is 0 Å². The lowest BCUT2D eigenvalue weighted by molar-refractivity contribution is -0.139. The normalized spacial score (nSPS) is 22.6. The summed E-state index contributed by atoms with van der Waals surface area (Å²) in [5.74, 6) is -3.48. The van der Waals surface area contributed by atoms with E-state index in [1.54, 1.807) is 55.1 Å². The largest absolute Gasteiger partial charge is 0.345 e. The lowest BCUT2D eigenvalue weighted by Crippen LogP contribution is -2.52. The van der Waals surface area contributed by atoms with Crippen molar-refractivity contribution in [2.75, 3.05) is 13.1 Å². The SMILES string of the molecule is CC[C@H]1CCCCN1C(=O)C[C@H](NC(=O)[C@@H]1C[C@H]1c1ccccc1)C(=O)N[C@@H](C)c1nc2c(F)c(-c3ccc([C@@H]4C[C@H]4C(=O)N[C@@H](CC(=O)N4CCCC[C@@H]4C)C(=O)N[C@@H](C)c4nc5c(F)cccc5[nH]4)cc3)ccc2[nH]1. The fourth-order valence-corrected chi connectivity index (χ4v) is 11.6. The average molecular weight is 1050 g/mol. The summed E-state index contributed by atoms with van der Waals surface area (Å²) in [6.07, 6.45) is 7.10. The van der Waals surface area contributed by atoms with Crippen molar-refractivity contribution in [1.82, 2.24) is 51.0 Å². The van der Waals surface area contributed by atoms with Crippen LogP contribution in [0.25, 0.3) is 33.2 Å². The molecule has 4 fully saturated rings. The van der Waals surface area contributed by atoms with Gasteiger partial charge < -0.3 is 41.0 Å². The van der Waals surface area contributed by atoms with Crippen LogP contribution < -0.4 is 21.3 Å². The Hall–Kier alpha value is -7.50. The molecule has 77 heavy (non-hydrogen) atoms. The van der Waals surface area contributed by atoms with Crippen molar-refractivity contribution in [3.63, 3.8) is 0 Å². The van der Waals surface area contributed by atoms with E-state index >= 15 is 4.39 Å². The number of nitrogens with zero attached hydrogens (tertiary/aromatic N) is 4. The molecule has 16 nitrogen and oxygen atoms in total. The van der Waals surface area contributed by atoms with E-state index in [9.17, 15) is 33.2 Å². The smallest absolute Gasteiger partial charge is 0.243 e. The summed E-state index contributed by atoms with van der Waals surface area (Å²) >= 11 is 0. The molecule has 404 valence electrons. The number of benzene rings is 4. The van der Waals surface area contributed by atoms with E-state index in [0.29, 0.717) is 59.7 Å². The average Bonchev–Trinajstić information content (AvgIpc) is 4.34. The fraction of sp³-hybridized carbons (Fsp3) is 0.458. The van der Waals surface area contributed by atoms with E-state index in [-0.39, 0.29) is 77.3 Å². The number of hydrogen-bond donors (Lipinski definition) is 6. The Morgan fingerprint density at radius 2 is 1.17 bits per heavy atom. The van der Waals surface area contributed by atoms with E-state index in [1.807, 2.05) is 54.3 Å². The van der Waals surface area contributed by atoms with Crippen molar-refractivity contribution in [3.8, 4) is 11.1 Å². The molecule has 4 aromatic carbocycles. The van der Waals surface area contributed by atoms with Crippen molar-refractivity contribution in [3.05, 3.63) is 119 Å². The molecule has 2 aliphatic carbocycles. The van der Waals surface area contributed by atoms with Gasteiger partial charge in [-0.2, -0.15) is 0 Å². The maximum Gasteiger partial charge on any atom is 0.243 e. The summed E-state index contributed by atoms with van der Waals surface area (Å²) in [6.45, 7) is 8.63. The second-order valence-electron chi connectivity index (χ2n) is 21.7. The quantitative estimate of drug-likeness (QED) is 0.0492. The highest BCUT2D eigenvalue weighted by Gasteiger charge is 2.47. The first kappa shape index (κ1) is 52.9. The summed E-state index contributed by atoms with van der Waals surface area (Å²) in [7, 11) is 0. The minimum Gasteiger partial charge on any atom is -0.345 e. The summed E-state index contributed by atoms with van der Waals surface area (Å²) < 4.78 is 30.9. The number of H-pyrrole nitrogens is 2. The Balaban J connectivity index is 0.788. The minimum absolute atomic E-state index is 0.0104. The van der Waals surface area contributed by atoms with E-state index in [2.05, 4.69) is 48.1 Å². The second-order valence-corrected chi connectivity index (χ2v) is 21.7. The topological polar surface area (TPSA) is 214 Å². The minimum atomic E-state index is -1.17. The van der Waals surface area contributed by atoms with Gasteiger partial charge in [-0.1, -0.05) is 67.6 Å². The van der Waals surface area contributed by atoms with Crippen LogP contribution in [0.5, 0.6) is 0 Å². The third kappa shape index (κ3) is 11.6. The highest BCUT2D eigenvalue weighted by Crippen LogP contribution is 2.49. The molecule has 18 heteroatoms. The van der Waals surface area contributed by atoms with Crippen LogP contribution in [-0.2, 0) is 28.8 Å². The van der Waals surface area contributed by atoms with Gasteiger partial charge in [0.1, 0.15) is 34.8 Å². The predicted molar refractivity (Wildman–Crippen MR) is 287 cm³/mol. The summed E-state index contributed by atoms with van der Waals surface area (Å²) in [6, 6.07) is 21.3. The van der Waals surface area contributed by atoms with Crippen LogP contribution in [0.3, 0.4) is 0 Å². The van der Waals surface area contributed by atoms with Crippen LogP contribution in [0.4, 0.5) is 8.78 Å². The maximum atomic E-state index is 16.5. The molecule has 10 atom stereocenters. The van der Waals surface area contributed by atoms with Crippen LogP contribution in [0.2, 0.25) is 0 Å². The Bertz CT molecular complexity index is 3180. The lowest BCUT2D eigenvalue weighted by atomic mass is 9.98. The number of carbonyl (C=O) groups is 6. The van der Waals surface area contributed by atoms with Crippen molar-refractivity contribution in [2.45, 2.75) is 146 Å². The van der Waals surface area contributed by atoms with Gasteiger partial charge in [0, 0.05) is 42.6 Å². The Morgan fingerprint density at radius 3 is 1.75 bits per heavy atom. The number of aromatic amines is 2. The molecule has 2 aliphatic heterocycles. The first-order valence-corrected chi connectivity index (χ1v) is 27.4. The number of imidazole rings is 2. The predicted octanol–water partition coefficient (Wildman–Crippen LogP) is 8.29. The van der Waals surface area contributed by atoms with E-state index in [4.69, 9.17) is 0 Å². The highest BCUT2D eigenvalue weighted by molar-refractivity contribution is 5.95. The Labute approximate surface area is 446 Å². The molecule has 4 aliphatic rings. The number of nitrogens with one attached hydrogen (secondary N) is 6. The third-order valence-corrected chi connectivity index (χ3v) is 16.3. The molecular formula is C59H68F2N10O6. The van der Waals surface area contributed by atoms with E-state index < -0.39 is 53.5 Å². The van der Waals surface area contributed by atoms with Crippen LogP contribution in [0.1, 0.15) is 145 Å². The van der Waals surface area contributed by atoms with Gasteiger partial charge in [0.25, 0.3) is 0 Å². The molecule has 0 unspecified atom stereocenters. The van der Waals surface area contributed by atoms with Crippen LogP contribution >= 0.6 is 0 Å². The molecule has 2 saturated heterocycles. The third-order valence-electron chi connectivity index (χ3n) is 16.3. The van der Waals surface area contributed by atoms with Crippen LogP contribution in [0.15, 0.2) is 84.9 Å². The Kier molecular flexibility index (Phi) is 15.5. The van der Waals surface area contributed by atoms with Crippen molar-refractivity contribution in [2.24, 2.45) is 11.8 Å². The number of amides is 6. The number of halogens is 2. The van der Waals surface area contributed by atoms with Crippen LogP contribution in [0, 0.1) is 23.5 Å². The summed E-state index contributed by atoms with van der Waals surface area (Å²) in [4.78, 5) is 102. The standard InChI is InChI=1S/C59H68F2N10O6/c1-5-38-17-10-12-27-71(38)50(73)31-48(67-56(74)42-28-40(42)35-15-7-6-8-16-35)59(77)63-34(4)55-65-46-25-24-39(51(61)53(46)69-55)36-20-22-37(23-21-36)41-29-43(41)57(75)66-47(30-49(72)70-26-11-9-14-32(70)2)58(76)62-33(3)54-64-45-19-13-18-44(60)52(45)68-54/h6-8,13,15-16,18-25,32-34,38,40-43,47-48H,5,9-12,14,17,26-31H2,1-4H3,(H,62,76)(H,63,77)(H,64,68)(H,65,69)(H,66,75)(H,67,74)/t32-,33-,34-,38-,40-,41-,42+,43+,47-,48-/m0/s1.